The van der Waals surface area contributed by atoms with Crippen molar-refractivity contribution in [3.63, 3.8) is 0 Å². The van der Waals surface area contributed by atoms with Crippen LogP contribution in [0.3, 0.4) is 0 Å². The largest absolute Gasteiger partial charge is 0.472 e. The van der Waals surface area contributed by atoms with Gasteiger partial charge in [-0.3, -0.25) is 18.6 Å². The molecule has 0 amide bonds. The van der Waals surface area contributed by atoms with Crippen LogP contribution in [0.1, 0.15) is 181 Å². The Morgan fingerprint density at radius 2 is 1.00 bits per heavy atom. The van der Waals surface area contributed by atoms with Gasteiger partial charge in [0.25, 0.3) is 0 Å². The number of quaternary nitrogens is 1. The monoisotopic (exact) mass is 759 g/mol. The van der Waals surface area contributed by atoms with Crippen molar-refractivity contribution in [1.82, 2.24) is 0 Å². The molecule has 1 unspecified atom stereocenters. The summed E-state index contributed by atoms with van der Waals surface area (Å²) in [4.78, 5) is 35.2. The third kappa shape index (κ3) is 38.2. The maximum atomic E-state index is 12.7. The number of allylic oxidation sites excluding steroid dienone is 4. The van der Waals surface area contributed by atoms with Gasteiger partial charge in [-0.15, -0.1) is 0 Å². The van der Waals surface area contributed by atoms with Crippen molar-refractivity contribution in [3.8, 4) is 0 Å². The summed E-state index contributed by atoms with van der Waals surface area (Å²) in [5.41, 5.74) is 0. The molecular formula is C42H81NO8P+. The molecule has 0 aromatic rings. The first-order chi connectivity index (χ1) is 25.0. The van der Waals surface area contributed by atoms with Gasteiger partial charge in [0.05, 0.1) is 27.7 Å². The van der Waals surface area contributed by atoms with Crippen LogP contribution in [0.5, 0.6) is 0 Å². The van der Waals surface area contributed by atoms with Crippen molar-refractivity contribution in [1.29, 1.82) is 0 Å². The van der Waals surface area contributed by atoms with Crippen molar-refractivity contribution in [2.24, 2.45) is 0 Å². The molecule has 0 spiro atoms. The highest BCUT2D eigenvalue weighted by Crippen LogP contribution is 2.43. The Morgan fingerprint density at radius 3 is 1.48 bits per heavy atom. The van der Waals surface area contributed by atoms with E-state index in [1.165, 1.54) is 77.0 Å². The van der Waals surface area contributed by atoms with E-state index in [2.05, 4.69) is 38.2 Å². The molecule has 9 nitrogen and oxygen atoms in total. The van der Waals surface area contributed by atoms with Crippen LogP contribution in [0, 0.1) is 0 Å². The highest BCUT2D eigenvalue weighted by molar-refractivity contribution is 7.47. The van der Waals surface area contributed by atoms with Crippen LogP contribution < -0.4 is 0 Å². The maximum absolute atomic E-state index is 12.7. The zero-order chi connectivity index (χ0) is 38.6. The summed E-state index contributed by atoms with van der Waals surface area (Å²) in [6.07, 6.45) is 36.5. The fraction of sp³-hybridized carbons (Fsp3) is 0.857. The van der Waals surface area contributed by atoms with Crippen LogP contribution in [0.2, 0.25) is 0 Å². The van der Waals surface area contributed by atoms with Gasteiger partial charge in [-0.05, 0) is 57.8 Å². The minimum absolute atomic E-state index is 0.0305. The van der Waals surface area contributed by atoms with Crippen LogP contribution in [0.25, 0.3) is 0 Å². The summed E-state index contributed by atoms with van der Waals surface area (Å²) < 4.78 is 34.2. The number of rotatable bonds is 38. The Bertz CT molecular complexity index is 949. The Labute approximate surface area is 319 Å². The Kier molecular flexibility index (Phi) is 34.2. The summed E-state index contributed by atoms with van der Waals surface area (Å²) >= 11 is 0. The van der Waals surface area contributed by atoms with E-state index in [0.29, 0.717) is 17.4 Å². The van der Waals surface area contributed by atoms with E-state index in [1.807, 2.05) is 21.1 Å². The van der Waals surface area contributed by atoms with E-state index in [-0.39, 0.29) is 32.0 Å². The Balaban J connectivity index is 4.37. The molecule has 306 valence electrons. The summed E-state index contributed by atoms with van der Waals surface area (Å²) in [6.45, 7) is 4.36. The van der Waals surface area contributed by atoms with E-state index in [4.69, 9.17) is 18.5 Å². The molecule has 0 aromatic heterocycles. The summed E-state index contributed by atoms with van der Waals surface area (Å²) in [6, 6.07) is 0. The molecule has 0 rings (SSSR count). The first-order valence-electron chi connectivity index (χ1n) is 21.1. The Morgan fingerprint density at radius 1 is 0.577 bits per heavy atom. The minimum Gasteiger partial charge on any atom is -0.462 e. The number of likely N-dealkylation sites (N-methyl/N-ethyl adjacent to an activating group) is 1. The molecule has 0 aliphatic carbocycles. The third-order valence-corrected chi connectivity index (χ3v) is 9.94. The van der Waals surface area contributed by atoms with Gasteiger partial charge in [-0.2, -0.15) is 0 Å². The van der Waals surface area contributed by atoms with E-state index < -0.39 is 26.5 Å². The molecule has 0 saturated heterocycles. The topological polar surface area (TPSA) is 108 Å². The molecule has 0 aliphatic rings. The first kappa shape index (κ1) is 50.5. The van der Waals surface area contributed by atoms with E-state index in [0.717, 1.165) is 70.6 Å². The average molecular weight is 759 g/mol. The predicted octanol–water partition coefficient (Wildman–Crippen LogP) is 11.6. The molecule has 0 radical (unpaired) electrons. The quantitative estimate of drug-likeness (QED) is 0.0218. The molecule has 0 saturated carbocycles. The van der Waals surface area contributed by atoms with Gasteiger partial charge >= 0.3 is 19.8 Å². The maximum Gasteiger partial charge on any atom is 0.472 e. The highest BCUT2D eigenvalue weighted by atomic mass is 31.2. The number of carbonyl (C=O) groups excluding carboxylic acids is 2. The molecule has 0 bridgehead atoms. The molecule has 0 fully saturated rings. The second kappa shape index (κ2) is 35.2. The average Bonchev–Trinajstić information content (AvgIpc) is 3.09. The molecule has 1 N–H and O–H groups in total. The smallest absolute Gasteiger partial charge is 0.462 e. The number of carbonyl (C=O) groups is 2. The number of hydrogen-bond donors (Lipinski definition) is 1. The van der Waals surface area contributed by atoms with Crippen LogP contribution in [-0.2, 0) is 32.7 Å². The lowest BCUT2D eigenvalue weighted by molar-refractivity contribution is -0.870. The number of phosphoric ester groups is 1. The molecular weight excluding hydrogens is 677 g/mol. The minimum atomic E-state index is -4.37. The van der Waals surface area contributed by atoms with Gasteiger partial charge in [0.1, 0.15) is 19.8 Å². The molecule has 2 atom stereocenters. The Hall–Kier alpha value is -1.51. The van der Waals surface area contributed by atoms with Crippen LogP contribution >= 0.6 is 7.82 Å². The fourth-order valence-corrected chi connectivity index (χ4v) is 6.32. The van der Waals surface area contributed by atoms with Gasteiger partial charge in [-0.25, -0.2) is 4.57 Å². The van der Waals surface area contributed by atoms with Crippen molar-refractivity contribution in [2.75, 3.05) is 47.5 Å². The number of esters is 2. The summed E-state index contributed by atoms with van der Waals surface area (Å²) in [5, 5.41) is 0. The van der Waals surface area contributed by atoms with Gasteiger partial charge in [0.2, 0.25) is 0 Å². The predicted molar refractivity (Wildman–Crippen MR) is 215 cm³/mol. The number of phosphoric acid groups is 1. The second-order valence-electron chi connectivity index (χ2n) is 15.4. The lowest BCUT2D eigenvalue weighted by Crippen LogP contribution is -2.37. The zero-order valence-corrected chi connectivity index (χ0v) is 35.2. The van der Waals surface area contributed by atoms with Gasteiger partial charge < -0.3 is 18.9 Å². The van der Waals surface area contributed by atoms with Gasteiger partial charge in [0.15, 0.2) is 6.10 Å². The van der Waals surface area contributed by atoms with Crippen molar-refractivity contribution in [2.45, 2.75) is 187 Å². The standard InChI is InChI=1S/C42H80NO8P/c1-6-8-10-12-14-16-18-19-20-21-22-23-25-27-29-31-33-35-42(45)51-40(39-50-52(46,47)49-37-36-43(3,4)5)38-48-41(44)34-32-30-28-26-24-17-15-13-11-9-7-2/h13,15,19-20,40H,6-12,14,16-18,21-39H2,1-5H3/p+1/b15-13+,20-19+/t40-/m1/s1. The molecule has 0 aliphatic heterocycles. The number of hydrogen-bond acceptors (Lipinski definition) is 7. The van der Waals surface area contributed by atoms with Crippen molar-refractivity contribution >= 4 is 19.8 Å². The van der Waals surface area contributed by atoms with E-state index in [9.17, 15) is 19.0 Å². The zero-order valence-electron chi connectivity index (χ0n) is 34.3. The van der Waals surface area contributed by atoms with Crippen LogP contribution in [-0.4, -0.2) is 74.9 Å². The number of nitrogens with zero attached hydrogens (tertiary/aromatic N) is 1. The van der Waals surface area contributed by atoms with Crippen molar-refractivity contribution < 1.29 is 42.1 Å². The molecule has 0 aromatic carbocycles. The SMILES string of the molecule is CCCC/C=C/CCCCCCCC(=O)OC[C@H](COP(=O)(O)OCC[N+](C)(C)C)OC(=O)CCCCCCCCC/C=C/CCCCCCCC. The van der Waals surface area contributed by atoms with Crippen molar-refractivity contribution in [3.05, 3.63) is 24.3 Å². The third-order valence-electron chi connectivity index (χ3n) is 8.95. The van der Waals surface area contributed by atoms with Crippen LogP contribution in [0.15, 0.2) is 24.3 Å². The first-order valence-corrected chi connectivity index (χ1v) is 22.6. The fourth-order valence-electron chi connectivity index (χ4n) is 5.58. The lowest BCUT2D eigenvalue weighted by Gasteiger charge is -2.24. The normalized spacial score (nSPS) is 13.9. The molecule has 52 heavy (non-hydrogen) atoms. The summed E-state index contributed by atoms with van der Waals surface area (Å²) in [7, 11) is 1.47. The molecule has 10 heteroatoms. The van der Waals surface area contributed by atoms with Gasteiger partial charge in [-0.1, -0.05) is 134 Å². The van der Waals surface area contributed by atoms with Gasteiger partial charge in [0, 0.05) is 12.8 Å². The second-order valence-corrected chi connectivity index (χ2v) is 16.8. The highest BCUT2D eigenvalue weighted by Gasteiger charge is 2.27. The van der Waals surface area contributed by atoms with E-state index >= 15 is 0 Å². The van der Waals surface area contributed by atoms with E-state index in [1.54, 1.807) is 0 Å². The number of ether oxygens (including phenoxy) is 2. The molecule has 0 heterocycles. The lowest BCUT2D eigenvalue weighted by atomic mass is 10.1. The van der Waals surface area contributed by atoms with Crippen LogP contribution in [0.4, 0.5) is 0 Å². The summed E-state index contributed by atoms with van der Waals surface area (Å²) in [5.74, 6) is -0.813. The number of unbranched alkanes of at least 4 members (excludes halogenated alkanes) is 20.